The van der Waals surface area contributed by atoms with Gasteiger partial charge in [0.05, 0.1) is 31.7 Å². The maximum absolute atomic E-state index is 11.7. The lowest BCUT2D eigenvalue weighted by molar-refractivity contribution is -0.120. The van der Waals surface area contributed by atoms with E-state index >= 15 is 0 Å². The summed E-state index contributed by atoms with van der Waals surface area (Å²) in [6, 6.07) is 3.79. The minimum absolute atomic E-state index is 0.101. The number of amides is 1. The number of carbonyl (C=O) groups excluding carboxylic acids is 1. The van der Waals surface area contributed by atoms with E-state index < -0.39 is 0 Å². The number of hydrogen-bond acceptors (Lipinski definition) is 5. The Morgan fingerprint density at radius 3 is 2.86 bits per heavy atom. The number of carbonyl (C=O) groups is 1. The average molecular weight is 291 g/mol. The molecular formula is C15H21N3O3. The van der Waals surface area contributed by atoms with Crippen LogP contribution in [0.5, 0.6) is 0 Å². The quantitative estimate of drug-likeness (QED) is 0.855. The van der Waals surface area contributed by atoms with E-state index in [0.717, 1.165) is 32.0 Å². The van der Waals surface area contributed by atoms with E-state index in [9.17, 15) is 4.79 Å². The zero-order valence-electron chi connectivity index (χ0n) is 12.1. The van der Waals surface area contributed by atoms with Crippen LogP contribution in [0.2, 0.25) is 0 Å². The smallest absolute Gasteiger partial charge is 0.251 e. The number of hydrogen-bond donors (Lipinski definition) is 1. The van der Waals surface area contributed by atoms with Crippen molar-refractivity contribution in [1.82, 2.24) is 4.98 Å². The highest BCUT2D eigenvalue weighted by molar-refractivity contribution is 5.90. The SMILES string of the molecule is O=C(COCC1CC1)Nc1ccc(N2CCOCC2)cn1. The van der Waals surface area contributed by atoms with E-state index in [-0.39, 0.29) is 12.5 Å². The van der Waals surface area contributed by atoms with Crippen molar-refractivity contribution < 1.29 is 14.3 Å². The van der Waals surface area contributed by atoms with E-state index in [2.05, 4.69) is 15.2 Å². The minimum atomic E-state index is -0.151. The number of morpholine rings is 1. The van der Waals surface area contributed by atoms with E-state index in [1.54, 1.807) is 6.20 Å². The van der Waals surface area contributed by atoms with Gasteiger partial charge in [-0.05, 0) is 30.9 Å². The fourth-order valence-corrected chi connectivity index (χ4v) is 2.25. The maximum Gasteiger partial charge on any atom is 0.251 e. The van der Waals surface area contributed by atoms with Crippen molar-refractivity contribution in [3.05, 3.63) is 18.3 Å². The fraction of sp³-hybridized carbons (Fsp3) is 0.600. The van der Waals surface area contributed by atoms with Gasteiger partial charge >= 0.3 is 0 Å². The second-order valence-electron chi connectivity index (χ2n) is 5.51. The van der Waals surface area contributed by atoms with Crippen molar-refractivity contribution in [3.8, 4) is 0 Å². The summed E-state index contributed by atoms with van der Waals surface area (Å²) in [5, 5.41) is 2.75. The molecule has 1 saturated carbocycles. The summed E-state index contributed by atoms with van der Waals surface area (Å²) in [7, 11) is 0. The molecule has 1 N–H and O–H groups in total. The fourth-order valence-electron chi connectivity index (χ4n) is 2.25. The zero-order chi connectivity index (χ0) is 14.5. The lowest BCUT2D eigenvalue weighted by Gasteiger charge is -2.28. The molecule has 1 aliphatic carbocycles. The Morgan fingerprint density at radius 2 is 2.19 bits per heavy atom. The van der Waals surface area contributed by atoms with Crippen LogP contribution >= 0.6 is 0 Å². The van der Waals surface area contributed by atoms with Gasteiger partial charge in [0, 0.05) is 13.1 Å². The molecule has 0 radical (unpaired) electrons. The summed E-state index contributed by atoms with van der Waals surface area (Å²) in [5.41, 5.74) is 1.06. The highest BCUT2D eigenvalue weighted by Crippen LogP contribution is 2.28. The van der Waals surface area contributed by atoms with Gasteiger partial charge in [-0.3, -0.25) is 4.79 Å². The molecule has 2 heterocycles. The Labute approximate surface area is 124 Å². The molecule has 1 aliphatic heterocycles. The average Bonchev–Trinajstić information content (AvgIpc) is 3.33. The Balaban J connectivity index is 1.45. The third-order valence-corrected chi connectivity index (χ3v) is 3.68. The number of nitrogens with zero attached hydrogens (tertiary/aromatic N) is 2. The highest BCUT2D eigenvalue weighted by atomic mass is 16.5. The van der Waals surface area contributed by atoms with Crippen molar-refractivity contribution in [3.63, 3.8) is 0 Å². The van der Waals surface area contributed by atoms with Gasteiger partial charge in [0.25, 0.3) is 5.91 Å². The second-order valence-corrected chi connectivity index (χ2v) is 5.51. The van der Waals surface area contributed by atoms with E-state index in [1.807, 2.05) is 12.1 Å². The van der Waals surface area contributed by atoms with E-state index in [1.165, 1.54) is 12.8 Å². The molecule has 0 aromatic carbocycles. The molecule has 2 fully saturated rings. The number of rotatable bonds is 6. The van der Waals surface area contributed by atoms with Crippen LogP contribution in [0.1, 0.15) is 12.8 Å². The molecule has 1 amide bonds. The number of aromatic nitrogens is 1. The lowest BCUT2D eigenvalue weighted by Crippen LogP contribution is -2.36. The van der Waals surface area contributed by atoms with Crippen molar-refractivity contribution in [1.29, 1.82) is 0 Å². The highest BCUT2D eigenvalue weighted by Gasteiger charge is 2.21. The van der Waals surface area contributed by atoms with Gasteiger partial charge in [-0.1, -0.05) is 0 Å². The van der Waals surface area contributed by atoms with Crippen LogP contribution in [0.3, 0.4) is 0 Å². The number of ether oxygens (including phenoxy) is 2. The van der Waals surface area contributed by atoms with Gasteiger partial charge in [0.1, 0.15) is 12.4 Å². The number of nitrogens with one attached hydrogen (secondary N) is 1. The maximum atomic E-state index is 11.7. The molecule has 6 nitrogen and oxygen atoms in total. The van der Waals surface area contributed by atoms with Crippen LogP contribution in [0.4, 0.5) is 11.5 Å². The molecule has 114 valence electrons. The third kappa shape index (κ3) is 4.41. The summed E-state index contributed by atoms with van der Waals surface area (Å²) in [4.78, 5) is 18.2. The summed E-state index contributed by atoms with van der Waals surface area (Å²) < 4.78 is 10.7. The molecule has 0 spiro atoms. The van der Waals surface area contributed by atoms with Gasteiger partial charge in [-0.15, -0.1) is 0 Å². The molecule has 6 heteroatoms. The topological polar surface area (TPSA) is 63.7 Å². The lowest BCUT2D eigenvalue weighted by atomic mass is 10.3. The molecule has 3 rings (SSSR count). The molecule has 1 saturated heterocycles. The first-order chi connectivity index (χ1) is 10.3. The summed E-state index contributed by atoms with van der Waals surface area (Å²) in [5.74, 6) is 1.08. The monoisotopic (exact) mass is 291 g/mol. The molecule has 21 heavy (non-hydrogen) atoms. The third-order valence-electron chi connectivity index (χ3n) is 3.68. The molecule has 0 unspecified atom stereocenters. The van der Waals surface area contributed by atoms with Crippen LogP contribution in [-0.2, 0) is 14.3 Å². The molecule has 1 aromatic heterocycles. The zero-order valence-corrected chi connectivity index (χ0v) is 12.1. The van der Waals surface area contributed by atoms with Gasteiger partial charge < -0.3 is 19.7 Å². The van der Waals surface area contributed by atoms with Crippen LogP contribution in [-0.4, -0.2) is 50.4 Å². The molecule has 1 aromatic rings. The largest absolute Gasteiger partial charge is 0.378 e. The van der Waals surface area contributed by atoms with E-state index in [0.29, 0.717) is 18.3 Å². The van der Waals surface area contributed by atoms with Gasteiger partial charge in [-0.25, -0.2) is 4.98 Å². The van der Waals surface area contributed by atoms with Crippen LogP contribution in [0.15, 0.2) is 18.3 Å². The van der Waals surface area contributed by atoms with Crippen LogP contribution in [0, 0.1) is 5.92 Å². The minimum Gasteiger partial charge on any atom is -0.378 e. The molecule has 2 aliphatic rings. The first-order valence-electron chi connectivity index (χ1n) is 7.47. The Kier molecular flexibility index (Phi) is 4.67. The summed E-state index contributed by atoms with van der Waals surface area (Å²) >= 11 is 0. The Bertz CT molecular complexity index is 468. The Hall–Kier alpha value is -1.66. The first kappa shape index (κ1) is 14.3. The molecular weight excluding hydrogens is 270 g/mol. The van der Waals surface area contributed by atoms with E-state index in [4.69, 9.17) is 9.47 Å². The second kappa shape index (κ2) is 6.87. The number of anilines is 2. The summed E-state index contributed by atoms with van der Waals surface area (Å²) in [6.07, 6.45) is 4.24. The Morgan fingerprint density at radius 1 is 1.38 bits per heavy atom. The van der Waals surface area contributed by atoms with Crippen molar-refractivity contribution in [2.24, 2.45) is 5.92 Å². The first-order valence-corrected chi connectivity index (χ1v) is 7.47. The van der Waals surface area contributed by atoms with Crippen LogP contribution in [0.25, 0.3) is 0 Å². The number of pyridine rings is 1. The molecule has 0 atom stereocenters. The standard InChI is InChI=1S/C15H21N3O3/c19-15(11-21-10-12-1-2-12)17-14-4-3-13(9-16-14)18-5-7-20-8-6-18/h3-4,9,12H,1-2,5-8,10-11H2,(H,16,17,19). The van der Waals surface area contributed by atoms with Crippen molar-refractivity contribution >= 4 is 17.4 Å². The van der Waals surface area contributed by atoms with Gasteiger partial charge in [0.15, 0.2) is 0 Å². The molecule has 0 bridgehead atoms. The van der Waals surface area contributed by atoms with Crippen molar-refractivity contribution in [2.75, 3.05) is 49.7 Å². The predicted octanol–water partition coefficient (Wildman–Crippen LogP) is 1.28. The summed E-state index contributed by atoms with van der Waals surface area (Å²) in [6.45, 7) is 4.04. The predicted molar refractivity (Wildman–Crippen MR) is 79.4 cm³/mol. The normalized spacial score (nSPS) is 18.6. The van der Waals surface area contributed by atoms with Crippen LogP contribution < -0.4 is 10.2 Å². The van der Waals surface area contributed by atoms with Gasteiger partial charge in [-0.2, -0.15) is 0 Å². The van der Waals surface area contributed by atoms with Gasteiger partial charge in [0.2, 0.25) is 0 Å². The van der Waals surface area contributed by atoms with Crippen molar-refractivity contribution in [2.45, 2.75) is 12.8 Å².